The second-order valence-electron chi connectivity index (χ2n) is 4.28. The van der Waals surface area contributed by atoms with Gasteiger partial charge in [0.25, 0.3) is 5.91 Å². The number of nitrogens with one attached hydrogen (secondary N) is 3. The molecule has 19 heavy (non-hydrogen) atoms. The fourth-order valence-electron chi connectivity index (χ4n) is 1.77. The molecule has 1 aromatic rings. The van der Waals surface area contributed by atoms with Crippen LogP contribution in [0.5, 0.6) is 0 Å². The molecule has 0 fully saturated rings. The molecule has 0 aliphatic carbocycles. The van der Waals surface area contributed by atoms with Crippen LogP contribution >= 0.6 is 0 Å². The van der Waals surface area contributed by atoms with E-state index in [1.165, 1.54) is 4.90 Å². The van der Waals surface area contributed by atoms with Crippen molar-refractivity contribution in [1.29, 1.82) is 0 Å². The largest absolute Gasteiger partial charge is 0.334 e. The lowest BCUT2D eigenvalue weighted by atomic mass is 10.2. The van der Waals surface area contributed by atoms with Gasteiger partial charge in [0.05, 0.1) is 26.2 Å². The van der Waals surface area contributed by atoms with E-state index < -0.39 is 6.03 Å². The second-order valence-corrected chi connectivity index (χ2v) is 4.28. The van der Waals surface area contributed by atoms with Crippen LogP contribution in [0.1, 0.15) is 24.2 Å². The van der Waals surface area contributed by atoms with Crippen molar-refractivity contribution in [1.82, 2.24) is 10.6 Å². The van der Waals surface area contributed by atoms with Gasteiger partial charge in [-0.05, 0) is 26.0 Å². The number of imide groups is 1. The fourth-order valence-corrected chi connectivity index (χ4v) is 1.77. The highest BCUT2D eigenvalue weighted by molar-refractivity contribution is 6.04. The zero-order valence-corrected chi connectivity index (χ0v) is 11.5. The first-order valence-electron chi connectivity index (χ1n) is 6.65. The van der Waals surface area contributed by atoms with Crippen LogP contribution in [0.4, 0.5) is 4.79 Å². The van der Waals surface area contributed by atoms with Crippen molar-refractivity contribution in [2.75, 3.05) is 26.2 Å². The highest BCUT2D eigenvalue weighted by Crippen LogP contribution is 1.97. The first-order chi connectivity index (χ1) is 9.17. The molecule has 3 N–H and O–H groups in total. The summed E-state index contributed by atoms with van der Waals surface area (Å²) < 4.78 is 0. The van der Waals surface area contributed by atoms with Crippen LogP contribution in [-0.4, -0.2) is 38.1 Å². The summed E-state index contributed by atoms with van der Waals surface area (Å²) in [4.78, 5) is 24.6. The van der Waals surface area contributed by atoms with Crippen molar-refractivity contribution >= 4 is 11.9 Å². The van der Waals surface area contributed by atoms with Crippen LogP contribution < -0.4 is 15.5 Å². The lowest BCUT2D eigenvalue weighted by Crippen LogP contribution is -3.12. The summed E-state index contributed by atoms with van der Waals surface area (Å²) in [6.07, 6.45) is 0. The molecule has 0 saturated heterocycles. The van der Waals surface area contributed by atoms with E-state index in [1.54, 1.807) is 24.3 Å². The molecule has 104 valence electrons. The quantitative estimate of drug-likeness (QED) is 0.680. The van der Waals surface area contributed by atoms with Crippen LogP contribution in [0, 0.1) is 0 Å². The molecule has 0 aliphatic rings. The molecule has 0 spiro atoms. The lowest BCUT2D eigenvalue weighted by molar-refractivity contribution is -0.895. The van der Waals surface area contributed by atoms with Gasteiger partial charge in [-0.3, -0.25) is 10.1 Å². The van der Waals surface area contributed by atoms with Gasteiger partial charge in [0.2, 0.25) is 0 Å². The molecule has 0 aliphatic heterocycles. The van der Waals surface area contributed by atoms with Crippen LogP contribution in [-0.2, 0) is 0 Å². The van der Waals surface area contributed by atoms with Gasteiger partial charge in [-0.2, -0.15) is 0 Å². The Hall–Kier alpha value is -1.88. The number of benzene rings is 1. The Kier molecular flexibility index (Phi) is 6.60. The molecule has 0 aromatic heterocycles. The third kappa shape index (κ3) is 5.52. The Balaban J connectivity index is 2.30. The average Bonchev–Trinajstić information content (AvgIpc) is 2.44. The molecule has 1 aromatic carbocycles. The predicted molar refractivity (Wildman–Crippen MR) is 74.2 cm³/mol. The minimum absolute atomic E-state index is 0.381. The molecule has 0 atom stereocenters. The lowest BCUT2D eigenvalue weighted by Gasteiger charge is -2.15. The number of likely N-dealkylation sites (N-methyl/N-ethyl adjacent to an activating group) is 1. The smallest absolute Gasteiger partial charge is 0.321 e. The molecule has 0 bridgehead atoms. The summed E-state index contributed by atoms with van der Waals surface area (Å²) in [5, 5.41) is 5.00. The topological polar surface area (TPSA) is 62.6 Å². The van der Waals surface area contributed by atoms with E-state index in [-0.39, 0.29) is 5.91 Å². The maximum absolute atomic E-state index is 11.7. The Morgan fingerprint density at radius 3 is 2.32 bits per heavy atom. The van der Waals surface area contributed by atoms with E-state index >= 15 is 0 Å². The van der Waals surface area contributed by atoms with Crippen LogP contribution in [0.25, 0.3) is 0 Å². The molecule has 1 rings (SSSR count). The van der Waals surface area contributed by atoms with Crippen LogP contribution in [0.3, 0.4) is 0 Å². The molecule has 0 radical (unpaired) electrons. The van der Waals surface area contributed by atoms with Gasteiger partial charge < -0.3 is 10.2 Å². The Morgan fingerprint density at radius 2 is 1.74 bits per heavy atom. The van der Waals surface area contributed by atoms with Gasteiger partial charge in [0, 0.05) is 5.56 Å². The third-order valence-electron chi connectivity index (χ3n) is 3.03. The van der Waals surface area contributed by atoms with Crippen LogP contribution in [0.15, 0.2) is 30.3 Å². The number of hydrogen-bond donors (Lipinski definition) is 3. The summed E-state index contributed by atoms with van der Waals surface area (Å²) in [5.41, 5.74) is 0.479. The maximum Gasteiger partial charge on any atom is 0.321 e. The summed E-state index contributed by atoms with van der Waals surface area (Å²) in [7, 11) is 0. The van der Waals surface area contributed by atoms with Gasteiger partial charge in [0.1, 0.15) is 0 Å². The molecule has 3 amide bonds. The third-order valence-corrected chi connectivity index (χ3v) is 3.03. The number of rotatable bonds is 6. The summed E-state index contributed by atoms with van der Waals surface area (Å²) in [5.74, 6) is -0.381. The molecule has 0 saturated carbocycles. The van der Waals surface area contributed by atoms with E-state index in [0.717, 1.165) is 19.6 Å². The standard InChI is InChI=1S/C14H21N3O2/c1-3-17(4-2)11-10-15-14(19)16-13(18)12-8-6-5-7-9-12/h5-9H,3-4,10-11H2,1-2H3,(H2,15,16,18,19)/p+1. The molecule has 5 heteroatoms. The van der Waals surface area contributed by atoms with Gasteiger partial charge in [-0.25, -0.2) is 4.79 Å². The first kappa shape index (κ1) is 15.2. The molecular weight excluding hydrogens is 242 g/mol. The van der Waals surface area contributed by atoms with E-state index in [0.29, 0.717) is 12.1 Å². The normalized spacial score (nSPS) is 10.3. The number of hydrogen-bond acceptors (Lipinski definition) is 2. The highest BCUT2D eigenvalue weighted by atomic mass is 16.2. The Labute approximate surface area is 114 Å². The summed E-state index contributed by atoms with van der Waals surface area (Å²) in [6, 6.07) is 8.24. The van der Waals surface area contributed by atoms with E-state index in [2.05, 4.69) is 24.5 Å². The number of amides is 3. The molecule has 0 heterocycles. The minimum atomic E-state index is -0.444. The molecule has 5 nitrogen and oxygen atoms in total. The number of carbonyl (C=O) groups is 2. The van der Waals surface area contributed by atoms with Crippen LogP contribution in [0.2, 0.25) is 0 Å². The van der Waals surface area contributed by atoms with Crippen molar-refractivity contribution in [3.05, 3.63) is 35.9 Å². The second kappa shape index (κ2) is 8.26. The van der Waals surface area contributed by atoms with Gasteiger partial charge >= 0.3 is 6.03 Å². The van der Waals surface area contributed by atoms with Gasteiger partial charge in [-0.15, -0.1) is 0 Å². The van der Waals surface area contributed by atoms with Crippen molar-refractivity contribution < 1.29 is 14.5 Å². The zero-order chi connectivity index (χ0) is 14.1. The maximum atomic E-state index is 11.7. The van der Waals surface area contributed by atoms with E-state index in [1.807, 2.05) is 6.07 Å². The number of urea groups is 1. The molecule has 0 unspecified atom stereocenters. The Bertz CT molecular complexity index is 402. The molecular formula is C14H22N3O2+. The SMILES string of the molecule is CC[NH+](CC)CCNC(=O)NC(=O)c1ccccc1. The van der Waals surface area contributed by atoms with Crippen molar-refractivity contribution in [3.8, 4) is 0 Å². The summed E-state index contributed by atoms with van der Waals surface area (Å²) in [6.45, 7) is 7.70. The van der Waals surface area contributed by atoms with Gasteiger partial charge in [-0.1, -0.05) is 18.2 Å². The first-order valence-corrected chi connectivity index (χ1v) is 6.65. The number of quaternary nitrogens is 1. The fraction of sp³-hybridized carbons (Fsp3) is 0.429. The van der Waals surface area contributed by atoms with E-state index in [9.17, 15) is 9.59 Å². The minimum Gasteiger partial charge on any atom is -0.334 e. The van der Waals surface area contributed by atoms with Crippen molar-refractivity contribution in [2.24, 2.45) is 0 Å². The van der Waals surface area contributed by atoms with Crippen molar-refractivity contribution in [2.45, 2.75) is 13.8 Å². The zero-order valence-electron chi connectivity index (χ0n) is 11.5. The number of carbonyl (C=O) groups excluding carboxylic acids is 2. The summed E-state index contributed by atoms with van der Waals surface area (Å²) >= 11 is 0. The van der Waals surface area contributed by atoms with Gasteiger partial charge in [0.15, 0.2) is 0 Å². The Morgan fingerprint density at radius 1 is 1.11 bits per heavy atom. The monoisotopic (exact) mass is 264 g/mol. The van der Waals surface area contributed by atoms with Crippen molar-refractivity contribution in [3.63, 3.8) is 0 Å². The van der Waals surface area contributed by atoms with E-state index in [4.69, 9.17) is 0 Å². The average molecular weight is 264 g/mol. The predicted octanol–water partition coefficient (Wildman–Crippen LogP) is 0.0507. The highest BCUT2D eigenvalue weighted by Gasteiger charge is 2.09.